The maximum absolute atomic E-state index is 14.0. The zero-order valence-electron chi connectivity index (χ0n) is 22.6. The van der Waals surface area contributed by atoms with Crippen LogP contribution < -0.4 is 19.1 Å². The number of anilines is 1. The van der Waals surface area contributed by atoms with Gasteiger partial charge in [0.05, 0.1) is 13.7 Å². The van der Waals surface area contributed by atoms with Crippen LogP contribution in [0.2, 0.25) is 0 Å². The van der Waals surface area contributed by atoms with Gasteiger partial charge in [-0.15, -0.1) is 0 Å². The van der Waals surface area contributed by atoms with Gasteiger partial charge in [-0.2, -0.15) is 11.8 Å². The smallest absolute Gasteiger partial charge is 0.268 e. The Hall–Kier alpha value is -3.19. The number of rotatable bonds is 9. The van der Waals surface area contributed by atoms with E-state index < -0.39 is 6.10 Å². The zero-order chi connectivity index (χ0) is 27.2. The Morgan fingerprint density at radius 1 is 0.973 bits per heavy atom. The molecule has 1 aliphatic rings. The molecule has 1 saturated heterocycles. The predicted molar refractivity (Wildman–Crippen MR) is 153 cm³/mol. The number of carbonyl (C=O) groups is 1. The fourth-order valence-corrected chi connectivity index (χ4v) is 4.02. The van der Waals surface area contributed by atoms with Crippen LogP contribution in [0.1, 0.15) is 34.1 Å². The Labute approximate surface area is 224 Å². The first kappa shape index (κ1) is 30.0. The van der Waals surface area contributed by atoms with Gasteiger partial charge < -0.3 is 19.1 Å². The summed E-state index contributed by atoms with van der Waals surface area (Å²) in [5.74, 6) is 2.33. The van der Waals surface area contributed by atoms with E-state index in [0.29, 0.717) is 42.4 Å². The van der Waals surface area contributed by atoms with Crippen LogP contribution in [0.5, 0.6) is 17.2 Å². The average Bonchev–Trinajstić information content (AvgIpc) is 3.31. The van der Waals surface area contributed by atoms with E-state index in [1.54, 1.807) is 66.2 Å². The van der Waals surface area contributed by atoms with E-state index in [0.717, 1.165) is 17.0 Å². The second-order valence-corrected chi connectivity index (χ2v) is 8.55. The molecule has 200 valence electrons. The van der Waals surface area contributed by atoms with Crippen molar-refractivity contribution in [3.8, 4) is 28.4 Å². The number of methoxy groups -OCH3 is 1. The standard InChI is InChI=1S/C26H26FNO4S.2C2H6/c1-30-25-17-19(9-12-23(25)31-15-16-33-2)28-14-13-24(26(28)29)32-20-10-7-18(8-11-20)21-5-3-4-6-22(21)27;2*1-2/h3-12,17,24H,13-16H2,1-2H3;2*1-2H3. The van der Waals surface area contributed by atoms with Crippen LogP contribution in [0.15, 0.2) is 66.7 Å². The summed E-state index contributed by atoms with van der Waals surface area (Å²) in [5, 5.41) is 0. The largest absolute Gasteiger partial charge is 0.493 e. The van der Waals surface area contributed by atoms with Gasteiger partial charge in [-0.3, -0.25) is 4.79 Å². The topological polar surface area (TPSA) is 48.0 Å². The Morgan fingerprint density at radius 2 is 1.68 bits per heavy atom. The molecule has 37 heavy (non-hydrogen) atoms. The lowest BCUT2D eigenvalue weighted by atomic mass is 10.1. The van der Waals surface area contributed by atoms with E-state index >= 15 is 0 Å². The third-order valence-corrected chi connectivity index (χ3v) is 6.05. The Balaban J connectivity index is 0.00000115. The number of nitrogens with zero attached hydrogens (tertiary/aromatic N) is 1. The molecule has 0 bridgehead atoms. The number of carbonyl (C=O) groups excluding carboxylic acids is 1. The second-order valence-electron chi connectivity index (χ2n) is 7.57. The molecular weight excluding hydrogens is 489 g/mol. The molecule has 3 aromatic rings. The van der Waals surface area contributed by atoms with Crippen LogP contribution in [0, 0.1) is 5.82 Å². The minimum Gasteiger partial charge on any atom is -0.493 e. The molecule has 1 fully saturated rings. The van der Waals surface area contributed by atoms with E-state index in [2.05, 4.69) is 0 Å². The maximum Gasteiger partial charge on any atom is 0.268 e. The molecule has 0 radical (unpaired) electrons. The third kappa shape index (κ3) is 7.89. The molecule has 0 saturated carbocycles. The van der Waals surface area contributed by atoms with E-state index in [1.807, 2.05) is 52.1 Å². The van der Waals surface area contributed by atoms with Crippen molar-refractivity contribution in [2.45, 2.75) is 40.2 Å². The van der Waals surface area contributed by atoms with Crippen molar-refractivity contribution in [1.82, 2.24) is 0 Å². The van der Waals surface area contributed by atoms with Crippen LogP contribution in [-0.2, 0) is 4.79 Å². The number of benzene rings is 3. The maximum atomic E-state index is 14.0. The zero-order valence-corrected chi connectivity index (χ0v) is 23.4. The summed E-state index contributed by atoms with van der Waals surface area (Å²) < 4.78 is 31.2. The van der Waals surface area contributed by atoms with Crippen LogP contribution in [0.4, 0.5) is 10.1 Å². The highest BCUT2D eigenvalue weighted by atomic mass is 32.2. The fourth-order valence-electron chi connectivity index (χ4n) is 3.77. The summed E-state index contributed by atoms with van der Waals surface area (Å²) >= 11 is 1.71. The molecule has 4 rings (SSSR count). The Morgan fingerprint density at radius 3 is 2.32 bits per heavy atom. The van der Waals surface area contributed by atoms with Gasteiger partial charge in [0, 0.05) is 36.0 Å². The third-order valence-electron chi connectivity index (χ3n) is 5.48. The number of thioether (sulfide) groups is 1. The van der Waals surface area contributed by atoms with E-state index in [1.165, 1.54) is 6.07 Å². The molecule has 0 aliphatic carbocycles. The van der Waals surface area contributed by atoms with Gasteiger partial charge in [0.15, 0.2) is 17.6 Å². The molecule has 1 atom stereocenters. The molecule has 1 unspecified atom stereocenters. The van der Waals surface area contributed by atoms with Gasteiger partial charge in [-0.25, -0.2) is 4.39 Å². The summed E-state index contributed by atoms with van der Waals surface area (Å²) in [6.45, 7) is 9.14. The Kier molecular flexibility index (Phi) is 12.8. The summed E-state index contributed by atoms with van der Waals surface area (Å²) in [6, 6.07) is 19.3. The first-order valence-corrected chi connectivity index (χ1v) is 14.1. The van der Waals surface area contributed by atoms with Gasteiger partial charge in [0.2, 0.25) is 0 Å². The lowest BCUT2D eigenvalue weighted by Gasteiger charge is -2.19. The first-order chi connectivity index (χ1) is 18.1. The number of ether oxygens (including phenoxy) is 3. The fraction of sp³-hybridized carbons (Fsp3) is 0.367. The van der Waals surface area contributed by atoms with Crippen molar-refractivity contribution in [3.05, 3.63) is 72.5 Å². The van der Waals surface area contributed by atoms with Crippen molar-refractivity contribution >= 4 is 23.4 Å². The lowest BCUT2D eigenvalue weighted by Crippen LogP contribution is -2.32. The predicted octanol–water partition coefficient (Wildman–Crippen LogP) is 7.48. The summed E-state index contributed by atoms with van der Waals surface area (Å²) in [6.07, 6.45) is 2.02. The van der Waals surface area contributed by atoms with E-state index in [4.69, 9.17) is 14.2 Å². The molecule has 0 N–H and O–H groups in total. The molecule has 1 amide bonds. The van der Waals surface area contributed by atoms with Crippen LogP contribution in [0.25, 0.3) is 11.1 Å². The normalized spacial score (nSPS) is 14.2. The number of amides is 1. The summed E-state index contributed by atoms with van der Waals surface area (Å²) in [4.78, 5) is 14.7. The van der Waals surface area contributed by atoms with Gasteiger partial charge in [0.1, 0.15) is 11.6 Å². The van der Waals surface area contributed by atoms with E-state index in [9.17, 15) is 9.18 Å². The van der Waals surface area contributed by atoms with Crippen molar-refractivity contribution < 1.29 is 23.4 Å². The Bertz CT molecular complexity index is 1110. The minimum absolute atomic E-state index is 0.105. The van der Waals surface area contributed by atoms with Gasteiger partial charge >= 0.3 is 0 Å². The highest BCUT2D eigenvalue weighted by Crippen LogP contribution is 2.34. The summed E-state index contributed by atoms with van der Waals surface area (Å²) in [5.41, 5.74) is 2.03. The molecule has 3 aromatic carbocycles. The average molecular weight is 528 g/mol. The monoisotopic (exact) mass is 527 g/mol. The van der Waals surface area contributed by atoms with Crippen LogP contribution in [-0.4, -0.2) is 44.3 Å². The lowest BCUT2D eigenvalue weighted by molar-refractivity contribution is -0.122. The van der Waals surface area contributed by atoms with Crippen molar-refractivity contribution in [3.63, 3.8) is 0 Å². The molecule has 0 aromatic heterocycles. The number of halogens is 1. The first-order valence-electron chi connectivity index (χ1n) is 12.7. The van der Waals surface area contributed by atoms with Gasteiger partial charge in [0.25, 0.3) is 5.91 Å². The van der Waals surface area contributed by atoms with Crippen molar-refractivity contribution in [2.24, 2.45) is 0 Å². The van der Waals surface area contributed by atoms with Crippen LogP contribution in [0.3, 0.4) is 0 Å². The molecular formula is C30H38FNO4S. The number of hydrogen-bond donors (Lipinski definition) is 0. The quantitative estimate of drug-likeness (QED) is 0.270. The minimum atomic E-state index is -0.576. The highest BCUT2D eigenvalue weighted by molar-refractivity contribution is 7.98. The number of hydrogen-bond acceptors (Lipinski definition) is 5. The van der Waals surface area contributed by atoms with Crippen molar-refractivity contribution in [1.29, 1.82) is 0 Å². The van der Waals surface area contributed by atoms with Crippen molar-refractivity contribution in [2.75, 3.05) is 37.2 Å². The molecule has 0 spiro atoms. The van der Waals surface area contributed by atoms with Gasteiger partial charge in [-0.1, -0.05) is 58.0 Å². The molecule has 1 aliphatic heterocycles. The summed E-state index contributed by atoms with van der Waals surface area (Å²) in [7, 11) is 1.59. The van der Waals surface area contributed by atoms with Crippen LogP contribution >= 0.6 is 11.8 Å². The van der Waals surface area contributed by atoms with E-state index in [-0.39, 0.29) is 11.7 Å². The molecule has 7 heteroatoms. The van der Waals surface area contributed by atoms with Gasteiger partial charge in [-0.05, 0) is 42.2 Å². The molecule has 1 heterocycles. The highest BCUT2D eigenvalue weighted by Gasteiger charge is 2.34. The SMILES string of the molecule is CC.CC.COc1cc(N2CCC(Oc3ccc(-c4ccccc4F)cc3)C2=O)ccc1OCCSC. The second kappa shape index (κ2) is 15.8. The molecule has 5 nitrogen and oxygen atoms in total.